The molecule has 0 spiro atoms. The third kappa shape index (κ3) is 6.84. The summed E-state index contributed by atoms with van der Waals surface area (Å²) in [7, 11) is 2.91. The van der Waals surface area contributed by atoms with E-state index >= 15 is 0 Å². The quantitative estimate of drug-likeness (QED) is 0.373. The lowest BCUT2D eigenvalue weighted by Gasteiger charge is -2.35. The highest BCUT2D eigenvalue weighted by Crippen LogP contribution is 2.22. The molecule has 0 aliphatic carbocycles. The molecular weight excluding hydrogens is 410 g/mol. The van der Waals surface area contributed by atoms with Crippen LogP contribution in [0.1, 0.15) is 54.9 Å². The van der Waals surface area contributed by atoms with Gasteiger partial charge in [-0.1, -0.05) is 6.07 Å². The van der Waals surface area contributed by atoms with Crippen molar-refractivity contribution in [3.05, 3.63) is 29.3 Å². The minimum atomic E-state index is -0.416. The SMILES string of the molecule is CCNC(=NCc1ccc(OC)c(C(=O)OC)c1)N1CCC(OCC2CCCCO2)CC1. The fourth-order valence-corrected chi connectivity index (χ4v) is 4.13. The Morgan fingerprint density at radius 2 is 2.03 bits per heavy atom. The molecule has 8 heteroatoms. The summed E-state index contributed by atoms with van der Waals surface area (Å²) in [6, 6.07) is 5.49. The lowest BCUT2D eigenvalue weighted by Crippen LogP contribution is -2.47. The number of carbonyl (C=O) groups is 1. The minimum Gasteiger partial charge on any atom is -0.496 e. The smallest absolute Gasteiger partial charge is 0.341 e. The van der Waals surface area contributed by atoms with E-state index in [1.807, 2.05) is 6.07 Å². The van der Waals surface area contributed by atoms with Crippen LogP contribution >= 0.6 is 0 Å². The Morgan fingerprint density at radius 1 is 1.22 bits per heavy atom. The number of rotatable bonds is 8. The molecule has 1 aromatic carbocycles. The van der Waals surface area contributed by atoms with Crippen LogP contribution in [-0.4, -0.2) is 76.1 Å². The molecule has 2 saturated heterocycles. The number of nitrogens with zero attached hydrogens (tertiary/aromatic N) is 2. The average molecular weight is 448 g/mol. The molecule has 0 bridgehead atoms. The van der Waals surface area contributed by atoms with Crippen molar-refractivity contribution in [2.24, 2.45) is 4.99 Å². The van der Waals surface area contributed by atoms with Crippen molar-refractivity contribution in [1.82, 2.24) is 10.2 Å². The van der Waals surface area contributed by atoms with Gasteiger partial charge in [-0.25, -0.2) is 9.79 Å². The van der Waals surface area contributed by atoms with E-state index in [2.05, 4.69) is 17.1 Å². The van der Waals surface area contributed by atoms with Crippen LogP contribution in [0.15, 0.2) is 23.2 Å². The monoisotopic (exact) mass is 447 g/mol. The van der Waals surface area contributed by atoms with Crippen LogP contribution in [0.4, 0.5) is 0 Å². The summed E-state index contributed by atoms with van der Waals surface area (Å²) in [5.74, 6) is 0.967. The largest absolute Gasteiger partial charge is 0.496 e. The molecule has 1 aromatic rings. The highest BCUT2D eigenvalue weighted by molar-refractivity contribution is 5.92. The van der Waals surface area contributed by atoms with E-state index < -0.39 is 5.97 Å². The van der Waals surface area contributed by atoms with Crippen LogP contribution in [0.2, 0.25) is 0 Å². The van der Waals surface area contributed by atoms with E-state index in [0.717, 1.165) is 57.0 Å². The number of benzene rings is 1. The first-order valence-electron chi connectivity index (χ1n) is 11.7. The molecule has 0 radical (unpaired) electrons. The molecule has 1 unspecified atom stereocenters. The number of nitrogens with one attached hydrogen (secondary N) is 1. The van der Waals surface area contributed by atoms with E-state index in [4.69, 9.17) is 23.9 Å². The van der Waals surface area contributed by atoms with Crippen LogP contribution in [0, 0.1) is 0 Å². The van der Waals surface area contributed by atoms with Crippen LogP contribution in [-0.2, 0) is 20.8 Å². The summed E-state index contributed by atoms with van der Waals surface area (Å²) in [4.78, 5) is 19.1. The lowest BCUT2D eigenvalue weighted by atomic mass is 10.1. The molecule has 0 amide bonds. The standard InChI is InChI=1S/C24H37N3O5/c1-4-25-24(26-16-18-8-9-22(29-2)21(15-18)23(28)30-3)27-12-10-19(11-13-27)32-17-20-7-5-6-14-31-20/h8-9,15,19-20H,4-7,10-14,16-17H2,1-3H3,(H,25,26). The zero-order chi connectivity index (χ0) is 22.8. The summed E-state index contributed by atoms with van der Waals surface area (Å²) in [6.07, 6.45) is 6.02. The zero-order valence-electron chi connectivity index (χ0n) is 19.6. The Kier molecular flexibility index (Phi) is 9.62. The first kappa shape index (κ1) is 24.3. The molecule has 3 rings (SSSR count). The van der Waals surface area contributed by atoms with E-state index in [1.165, 1.54) is 20.0 Å². The first-order valence-corrected chi connectivity index (χ1v) is 11.7. The second kappa shape index (κ2) is 12.6. The van der Waals surface area contributed by atoms with Crippen LogP contribution < -0.4 is 10.1 Å². The van der Waals surface area contributed by atoms with Gasteiger partial charge in [-0.2, -0.15) is 0 Å². The maximum absolute atomic E-state index is 12.0. The van der Waals surface area contributed by atoms with E-state index in [0.29, 0.717) is 24.5 Å². The van der Waals surface area contributed by atoms with E-state index in [-0.39, 0.29) is 12.2 Å². The molecule has 2 aliphatic rings. The van der Waals surface area contributed by atoms with Gasteiger partial charge in [0.1, 0.15) is 11.3 Å². The molecule has 0 aromatic heterocycles. The molecule has 178 valence electrons. The van der Waals surface area contributed by atoms with Gasteiger partial charge in [0.25, 0.3) is 0 Å². The molecule has 0 saturated carbocycles. The van der Waals surface area contributed by atoms with Crippen LogP contribution in [0.5, 0.6) is 5.75 Å². The van der Waals surface area contributed by atoms with E-state index in [9.17, 15) is 4.79 Å². The minimum absolute atomic E-state index is 0.264. The highest BCUT2D eigenvalue weighted by Gasteiger charge is 2.24. The maximum atomic E-state index is 12.0. The van der Waals surface area contributed by atoms with Crippen molar-refractivity contribution in [3.63, 3.8) is 0 Å². The lowest BCUT2D eigenvalue weighted by molar-refractivity contribution is -0.0721. The van der Waals surface area contributed by atoms with Crippen molar-refractivity contribution in [1.29, 1.82) is 0 Å². The Balaban J connectivity index is 1.55. The van der Waals surface area contributed by atoms with Gasteiger partial charge in [0.2, 0.25) is 0 Å². The Hall–Kier alpha value is -2.32. The van der Waals surface area contributed by atoms with Gasteiger partial charge in [-0.05, 0) is 56.7 Å². The van der Waals surface area contributed by atoms with Gasteiger partial charge >= 0.3 is 5.97 Å². The third-order valence-electron chi connectivity index (χ3n) is 5.95. The van der Waals surface area contributed by atoms with Gasteiger partial charge in [0, 0.05) is 26.2 Å². The molecular formula is C24H37N3O5. The van der Waals surface area contributed by atoms with Crippen molar-refractivity contribution in [3.8, 4) is 5.75 Å². The first-order chi connectivity index (χ1) is 15.6. The van der Waals surface area contributed by atoms with Gasteiger partial charge in [0.05, 0.1) is 39.6 Å². The molecule has 1 N–H and O–H groups in total. The van der Waals surface area contributed by atoms with Crippen molar-refractivity contribution in [2.75, 3.05) is 47.1 Å². The number of hydrogen-bond donors (Lipinski definition) is 1. The third-order valence-corrected chi connectivity index (χ3v) is 5.95. The summed E-state index contributed by atoms with van der Waals surface area (Å²) in [6.45, 7) is 6.70. The maximum Gasteiger partial charge on any atom is 0.341 e. The van der Waals surface area contributed by atoms with Gasteiger partial charge < -0.3 is 29.2 Å². The number of guanidine groups is 1. The zero-order valence-corrected chi connectivity index (χ0v) is 19.6. The summed E-state index contributed by atoms with van der Waals surface area (Å²) in [5.41, 5.74) is 1.33. The number of esters is 1. The molecule has 2 heterocycles. The topological polar surface area (TPSA) is 81.6 Å². The fraction of sp³-hybridized carbons (Fsp3) is 0.667. The highest BCUT2D eigenvalue weighted by atomic mass is 16.5. The normalized spacial score (nSPS) is 20.2. The number of ether oxygens (including phenoxy) is 4. The van der Waals surface area contributed by atoms with Gasteiger partial charge in [-0.15, -0.1) is 0 Å². The second-order valence-electron chi connectivity index (χ2n) is 8.20. The van der Waals surface area contributed by atoms with Crippen LogP contribution in [0.3, 0.4) is 0 Å². The summed E-state index contributed by atoms with van der Waals surface area (Å²) in [5, 5.41) is 3.39. The fourth-order valence-electron chi connectivity index (χ4n) is 4.13. The van der Waals surface area contributed by atoms with Crippen molar-refractivity contribution >= 4 is 11.9 Å². The number of likely N-dealkylation sites (tertiary alicyclic amines) is 1. The number of carbonyl (C=O) groups excluding carboxylic acids is 1. The molecule has 1 atom stereocenters. The summed E-state index contributed by atoms with van der Waals surface area (Å²) >= 11 is 0. The number of methoxy groups -OCH3 is 2. The second-order valence-corrected chi connectivity index (χ2v) is 8.20. The summed E-state index contributed by atoms with van der Waals surface area (Å²) < 4.78 is 22.1. The molecule has 2 fully saturated rings. The van der Waals surface area contributed by atoms with Crippen molar-refractivity contribution < 1.29 is 23.7 Å². The molecule has 32 heavy (non-hydrogen) atoms. The van der Waals surface area contributed by atoms with Gasteiger partial charge in [-0.3, -0.25) is 0 Å². The van der Waals surface area contributed by atoms with Crippen LogP contribution in [0.25, 0.3) is 0 Å². The predicted molar refractivity (Wildman–Crippen MR) is 123 cm³/mol. The average Bonchev–Trinajstić information content (AvgIpc) is 2.85. The Labute approximate surface area is 191 Å². The van der Waals surface area contributed by atoms with E-state index in [1.54, 1.807) is 19.2 Å². The molecule has 2 aliphatic heterocycles. The van der Waals surface area contributed by atoms with Gasteiger partial charge in [0.15, 0.2) is 5.96 Å². The molecule has 8 nitrogen and oxygen atoms in total. The number of aliphatic imine (C=N–C) groups is 1. The Bertz CT molecular complexity index is 756. The predicted octanol–water partition coefficient (Wildman–Crippen LogP) is 3.00. The van der Waals surface area contributed by atoms with Crippen molar-refractivity contribution in [2.45, 2.75) is 57.8 Å². The number of piperidine rings is 1. The number of hydrogen-bond acceptors (Lipinski definition) is 6. The Morgan fingerprint density at radius 3 is 2.69 bits per heavy atom.